The van der Waals surface area contributed by atoms with Gasteiger partial charge < -0.3 is 5.11 Å². The Kier molecular flexibility index (Phi) is 3.14. The van der Waals surface area contributed by atoms with Gasteiger partial charge in [-0.15, -0.1) is 11.8 Å². The van der Waals surface area contributed by atoms with Gasteiger partial charge in [0.05, 0.1) is 6.10 Å². The highest BCUT2D eigenvalue weighted by Gasteiger charge is 2.29. The standard InChI is InChI=1S/C12H16OS/c1-9-3-2-4-11(7-9)14-8-12(13)10-5-6-10/h2-4,7,10,12-13H,5-6,8H2,1H3. The maximum atomic E-state index is 9.70. The minimum absolute atomic E-state index is 0.0967. The third kappa shape index (κ3) is 2.76. The second kappa shape index (κ2) is 4.37. The molecule has 1 fully saturated rings. The van der Waals surface area contributed by atoms with E-state index in [0.29, 0.717) is 5.92 Å². The quantitative estimate of drug-likeness (QED) is 0.768. The van der Waals surface area contributed by atoms with Gasteiger partial charge in [0.1, 0.15) is 0 Å². The highest BCUT2D eigenvalue weighted by atomic mass is 32.2. The molecule has 1 aromatic carbocycles. The summed E-state index contributed by atoms with van der Waals surface area (Å²) in [6.45, 7) is 2.10. The first-order valence-corrected chi connectivity index (χ1v) is 6.12. The summed E-state index contributed by atoms with van der Waals surface area (Å²) < 4.78 is 0. The molecule has 0 bridgehead atoms. The fourth-order valence-electron chi connectivity index (χ4n) is 1.50. The van der Waals surface area contributed by atoms with E-state index in [9.17, 15) is 5.11 Å². The predicted octanol–water partition coefficient (Wildman–Crippen LogP) is 2.86. The number of rotatable bonds is 4. The Morgan fingerprint density at radius 1 is 1.50 bits per heavy atom. The third-order valence-electron chi connectivity index (χ3n) is 2.58. The van der Waals surface area contributed by atoms with Crippen molar-refractivity contribution in [1.82, 2.24) is 0 Å². The Bertz CT molecular complexity index is 307. The lowest BCUT2D eigenvalue weighted by molar-refractivity contribution is 0.176. The number of thioether (sulfide) groups is 1. The van der Waals surface area contributed by atoms with E-state index in [2.05, 4.69) is 31.2 Å². The Balaban J connectivity index is 1.84. The first kappa shape index (κ1) is 10.1. The molecule has 0 radical (unpaired) electrons. The number of aliphatic hydroxyl groups is 1. The Hall–Kier alpha value is -0.470. The fraction of sp³-hybridized carbons (Fsp3) is 0.500. The lowest BCUT2D eigenvalue weighted by atomic mass is 10.2. The maximum Gasteiger partial charge on any atom is 0.0662 e. The number of hydrogen-bond acceptors (Lipinski definition) is 2. The molecule has 2 heteroatoms. The minimum Gasteiger partial charge on any atom is -0.392 e. The summed E-state index contributed by atoms with van der Waals surface area (Å²) >= 11 is 1.76. The summed E-state index contributed by atoms with van der Waals surface area (Å²) in [7, 11) is 0. The molecule has 0 amide bonds. The summed E-state index contributed by atoms with van der Waals surface area (Å²) in [6.07, 6.45) is 2.34. The minimum atomic E-state index is -0.0967. The van der Waals surface area contributed by atoms with Crippen LogP contribution in [0.3, 0.4) is 0 Å². The van der Waals surface area contributed by atoms with Gasteiger partial charge in [-0.1, -0.05) is 17.7 Å². The van der Waals surface area contributed by atoms with Crippen molar-refractivity contribution in [1.29, 1.82) is 0 Å². The molecule has 1 unspecified atom stereocenters. The fourth-order valence-corrected chi connectivity index (χ4v) is 2.58. The van der Waals surface area contributed by atoms with Crippen LogP contribution in [0.15, 0.2) is 29.2 Å². The summed E-state index contributed by atoms with van der Waals surface area (Å²) in [5.74, 6) is 1.43. The van der Waals surface area contributed by atoms with Gasteiger partial charge in [0.25, 0.3) is 0 Å². The van der Waals surface area contributed by atoms with Crippen molar-refractivity contribution in [2.24, 2.45) is 5.92 Å². The topological polar surface area (TPSA) is 20.2 Å². The van der Waals surface area contributed by atoms with E-state index in [1.54, 1.807) is 11.8 Å². The van der Waals surface area contributed by atoms with Crippen LogP contribution in [0.25, 0.3) is 0 Å². The summed E-state index contributed by atoms with van der Waals surface area (Å²) in [5, 5.41) is 9.70. The Morgan fingerprint density at radius 2 is 2.29 bits per heavy atom. The van der Waals surface area contributed by atoms with Crippen molar-refractivity contribution in [2.45, 2.75) is 30.8 Å². The molecule has 0 heterocycles. The van der Waals surface area contributed by atoms with Crippen molar-refractivity contribution >= 4 is 11.8 Å². The summed E-state index contributed by atoms with van der Waals surface area (Å²) in [4.78, 5) is 1.27. The van der Waals surface area contributed by atoms with E-state index < -0.39 is 0 Å². The molecule has 1 aromatic rings. The van der Waals surface area contributed by atoms with E-state index in [1.807, 2.05) is 0 Å². The SMILES string of the molecule is Cc1cccc(SCC(O)C2CC2)c1. The van der Waals surface area contributed by atoms with Gasteiger partial charge in [0.15, 0.2) is 0 Å². The zero-order chi connectivity index (χ0) is 9.97. The Morgan fingerprint density at radius 3 is 2.93 bits per heavy atom. The van der Waals surface area contributed by atoms with Gasteiger partial charge in [0.2, 0.25) is 0 Å². The first-order chi connectivity index (χ1) is 6.75. The molecular weight excluding hydrogens is 192 g/mol. The molecule has 0 spiro atoms. The van der Waals surface area contributed by atoms with E-state index in [4.69, 9.17) is 0 Å². The second-order valence-corrected chi connectivity index (χ2v) is 5.13. The first-order valence-electron chi connectivity index (χ1n) is 5.13. The third-order valence-corrected chi connectivity index (χ3v) is 3.67. The highest BCUT2D eigenvalue weighted by Crippen LogP contribution is 2.35. The number of benzene rings is 1. The van der Waals surface area contributed by atoms with Crippen molar-refractivity contribution in [3.63, 3.8) is 0 Å². The van der Waals surface area contributed by atoms with Crippen LogP contribution in [0.1, 0.15) is 18.4 Å². The van der Waals surface area contributed by atoms with Crippen LogP contribution < -0.4 is 0 Å². The van der Waals surface area contributed by atoms with E-state index in [1.165, 1.54) is 23.3 Å². The zero-order valence-corrected chi connectivity index (χ0v) is 9.26. The van der Waals surface area contributed by atoms with Crippen LogP contribution in [0.5, 0.6) is 0 Å². The molecule has 1 saturated carbocycles. The van der Waals surface area contributed by atoms with E-state index >= 15 is 0 Å². The Labute approximate surface area is 89.5 Å². The molecule has 1 atom stereocenters. The molecule has 1 aliphatic rings. The van der Waals surface area contributed by atoms with Crippen LogP contribution in [0.4, 0.5) is 0 Å². The van der Waals surface area contributed by atoms with Gasteiger partial charge in [-0.25, -0.2) is 0 Å². The van der Waals surface area contributed by atoms with Crippen molar-refractivity contribution in [3.05, 3.63) is 29.8 Å². The van der Waals surface area contributed by atoms with Gasteiger partial charge in [0, 0.05) is 10.6 Å². The maximum absolute atomic E-state index is 9.70. The monoisotopic (exact) mass is 208 g/mol. The molecule has 0 aliphatic heterocycles. The van der Waals surface area contributed by atoms with Crippen LogP contribution >= 0.6 is 11.8 Å². The molecule has 0 aromatic heterocycles. The summed E-state index contributed by atoms with van der Waals surface area (Å²) in [6, 6.07) is 8.45. The molecule has 76 valence electrons. The van der Waals surface area contributed by atoms with Gasteiger partial charge in [-0.3, -0.25) is 0 Å². The van der Waals surface area contributed by atoms with E-state index in [0.717, 1.165) is 5.75 Å². The van der Waals surface area contributed by atoms with Gasteiger partial charge in [-0.2, -0.15) is 0 Å². The van der Waals surface area contributed by atoms with Gasteiger partial charge >= 0.3 is 0 Å². The summed E-state index contributed by atoms with van der Waals surface area (Å²) in [5.41, 5.74) is 1.29. The lowest BCUT2D eigenvalue weighted by Crippen LogP contribution is -2.11. The highest BCUT2D eigenvalue weighted by molar-refractivity contribution is 7.99. The number of aryl methyl sites for hydroxylation is 1. The molecule has 1 nitrogen and oxygen atoms in total. The number of hydrogen-bond donors (Lipinski definition) is 1. The van der Waals surface area contributed by atoms with Crippen molar-refractivity contribution < 1.29 is 5.11 Å². The van der Waals surface area contributed by atoms with Gasteiger partial charge in [-0.05, 0) is 37.8 Å². The van der Waals surface area contributed by atoms with Crippen molar-refractivity contribution in [2.75, 3.05) is 5.75 Å². The average Bonchev–Trinajstić information content (AvgIpc) is 2.97. The molecule has 2 rings (SSSR count). The van der Waals surface area contributed by atoms with Crippen LogP contribution in [0.2, 0.25) is 0 Å². The smallest absolute Gasteiger partial charge is 0.0662 e. The molecule has 14 heavy (non-hydrogen) atoms. The largest absolute Gasteiger partial charge is 0.392 e. The number of aliphatic hydroxyl groups excluding tert-OH is 1. The average molecular weight is 208 g/mol. The molecular formula is C12H16OS. The normalized spacial score (nSPS) is 18.1. The lowest BCUT2D eigenvalue weighted by Gasteiger charge is -2.08. The second-order valence-electron chi connectivity index (χ2n) is 4.03. The predicted molar refractivity (Wildman–Crippen MR) is 60.6 cm³/mol. The van der Waals surface area contributed by atoms with E-state index in [-0.39, 0.29) is 6.10 Å². The molecule has 0 saturated heterocycles. The molecule has 1 N–H and O–H groups in total. The van der Waals surface area contributed by atoms with Crippen molar-refractivity contribution in [3.8, 4) is 0 Å². The molecule has 1 aliphatic carbocycles. The zero-order valence-electron chi connectivity index (χ0n) is 8.44. The van der Waals surface area contributed by atoms with Crippen LogP contribution in [0, 0.1) is 12.8 Å². The van der Waals surface area contributed by atoms with Crippen LogP contribution in [-0.2, 0) is 0 Å². The van der Waals surface area contributed by atoms with Crippen LogP contribution in [-0.4, -0.2) is 17.0 Å².